The van der Waals surface area contributed by atoms with Crippen LogP contribution in [0.3, 0.4) is 0 Å². The first-order valence-corrected chi connectivity index (χ1v) is 4.19. The van der Waals surface area contributed by atoms with E-state index in [4.69, 9.17) is 0 Å². The van der Waals surface area contributed by atoms with Crippen LogP contribution < -0.4 is 5.32 Å². The van der Waals surface area contributed by atoms with Crippen molar-refractivity contribution in [1.29, 1.82) is 0 Å². The highest BCUT2D eigenvalue weighted by molar-refractivity contribution is 8.08. The van der Waals surface area contributed by atoms with E-state index in [0.717, 1.165) is 0 Å². The first kappa shape index (κ1) is 9.40. The smallest absolute Gasteiger partial charge is 0.0310 e. The Morgan fingerprint density at radius 2 is 1.67 bits per heavy atom. The van der Waals surface area contributed by atoms with Crippen molar-refractivity contribution >= 4 is 29.5 Å². The fourth-order valence-corrected chi connectivity index (χ4v) is 0.802. The minimum absolute atomic E-state index is 1.25. The number of hydrogen-bond donors (Lipinski definition) is 2. The summed E-state index contributed by atoms with van der Waals surface area (Å²) in [6, 6.07) is 0. The number of thiocarbonyl (C=S) groups is 1. The predicted molar refractivity (Wildman–Crippen MR) is 49.4 cm³/mol. The lowest BCUT2D eigenvalue weighted by atomic mass is 10.2. The molecule has 54 valence electrons. The molecule has 0 aromatic heterocycles. The summed E-state index contributed by atoms with van der Waals surface area (Å²) < 4.78 is 1.28. The average molecular weight is 163 g/mol. The van der Waals surface area contributed by atoms with Gasteiger partial charge in [0.25, 0.3) is 0 Å². The number of nitrogens with one attached hydrogen (secondary N) is 1. The molecule has 9 heavy (non-hydrogen) atoms. The molecule has 0 aromatic rings. The van der Waals surface area contributed by atoms with Gasteiger partial charge in [0.05, 0.1) is 0 Å². The standard InChI is InChI=1S/C5H11N.CH2S2/c1-2-4-6-5-3-1;2-1-3/h6H,1-5H2;1H,(H,2,3). The molecule has 0 atom stereocenters. The molecule has 3 heteroatoms. The Morgan fingerprint density at radius 3 is 1.78 bits per heavy atom. The maximum absolute atomic E-state index is 4.13. The van der Waals surface area contributed by atoms with Gasteiger partial charge in [0.15, 0.2) is 0 Å². The van der Waals surface area contributed by atoms with E-state index < -0.39 is 0 Å². The number of hydrogen-bond acceptors (Lipinski definition) is 2. The molecular formula is C6H13NS2. The molecule has 1 fully saturated rings. The van der Waals surface area contributed by atoms with Crippen LogP contribution in [0.5, 0.6) is 0 Å². The Balaban J connectivity index is 0.000000187. The molecule has 1 rings (SSSR count). The molecular weight excluding hydrogens is 150 g/mol. The summed E-state index contributed by atoms with van der Waals surface area (Å²) in [4.78, 5) is 0. The SMILES string of the molecule is C1CCNCC1.S=CS. The quantitative estimate of drug-likeness (QED) is 0.416. The summed E-state index contributed by atoms with van der Waals surface area (Å²) in [5, 5.41) is 3.28. The molecule has 0 aliphatic carbocycles. The van der Waals surface area contributed by atoms with Crippen LogP contribution >= 0.6 is 24.8 Å². The minimum Gasteiger partial charge on any atom is -0.317 e. The van der Waals surface area contributed by atoms with Crippen molar-refractivity contribution in [2.24, 2.45) is 0 Å². The fraction of sp³-hybridized carbons (Fsp3) is 0.833. The first-order valence-electron chi connectivity index (χ1n) is 3.20. The van der Waals surface area contributed by atoms with Crippen LogP contribution in [0.1, 0.15) is 19.3 Å². The van der Waals surface area contributed by atoms with Gasteiger partial charge in [-0.2, -0.15) is 0 Å². The van der Waals surface area contributed by atoms with Crippen LogP contribution in [0.15, 0.2) is 0 Å². The normalized spacial score (nSPS) is 17.4. The number of rotatable bonds is 0. The van der Waals surface area contributed by atoms with E-state index in [1.807, 2.05) is 0 Å². The number of piperidine rings is 1. The average Bonchev–Trinajstić information content (AvgIpc) is 1.93. The molecule has 1 aliphatic rings. The summed E-state index contributed by atoms with van der Waals surface area (Å²) in [6.07, 6.45) is 4.22. The van der Waals surface area contributed by atoms with Crippen LogP contribution in [-0.4, -0.2) is 17.8 Å². The van der Waals surface area contributed by atoms with Gasteiger partial charge < -0.3 is 5.32 Å². The highest BCUT2D eigenvalue weighted by atomic mass is 32.1. The van der Waals surface area contributed by atoms with E-state index in [9.17, 15) is 0 Å². The molecule has 0 aromatic carbocycles. The molecule has 0 amide bonds. The molecule has 0 saturated carbocycles. The second kappa shape index (κ2) is 8.40. The second-order valence-electron chi connectivity index (χ2n) is 1.92. The molecule has 1 saturated heterocycles. The van der Waals surface area contributed by atoms with E-state index in [1.165, 1.54) is 37.1 Å². The van der Waals surface area contributed by atoms with Gasteiger partial charge in [-0.25, -0.2) is 0 Å². The third-order valence-corrected chi connectivity index (χ3v) is 1.21. The van der Waals surface area contributed by atoms with Gasteiger partial charge in [0.2, 0.25) is 0 Å². The Kier molecular flexibility index (Phi) is 8.77. The van der Waals surface area contributed by atoms with Crippen molar-refractivity contribution in [3.05, 3.63) is 0 Å². The molecule has 1 nitrogen and oxygen atoms in total. The zero-order chi connectivity index (χ0) is 6.95. The van der Waals surface area contributed by atoms with Crippen LogP contribution in [0.4, 0.5) is 0 Å². The molecule has 1 heterocycles. The minimum atomic E-state index is 1.25. The zero-order valence-corrected chi connectivity index (χ0v) is 7.18. The Hall–Kier alpha value is 0.400. The zero-order valence-electron chi connectivity index (χ0n) is 5.47. The molecule has 0 radical (unpaired) electrons. The molecule has 0 bridgehead atoms. The van der Waals surface area contributed by atoms with Crippen molar-refractivity contribution in [1.82, 2.24) is 5.32 Å². The van der Waals surface area contributed by atoms with Crippen LogP contribution in [-0.2, 0) is 0 Å². The van der Waals surface area contributed by atoms with E-state index >= 15 is 0 Å². The van der Waals surface area contributed by atoms with Crippen molar-refractivity contribution in [2.45, 2.75) is 19.3 Å². The van der Waals surface area contributed by atoms with Gasteiger partial charge in [-0.05, 0) is 25.9 Å². The van der Waals surface area contributed by atoms with E-state index in [0.29, 0.717) is 0 Å². The van der Waals surface area contributed by atoms with Crippen molar-refractivity contribution in [3.63, 3.8) is 0 Å². The molecule has 0 unspecified atom stereocenters. The lowest BCUT2D eigenvalue weighted by Gasteiger charge is -2.08. The van der Waals surface area contributed by atoms with Gasteiger partial charge in [-0.1, -0.05) is 18.6 Å². The Morgan fingerprint density at radius 1 is 1.22 bits per heavy atom. The van der Waals surface area contributed by atoms with E-state index in [2.05, 4.69) is 30.2 Å². The van der Waals surface area contributed by atoms with Gasteiger partial charge >= 0.3 is 0 Å². The van der Waals surface area contributed by atoms with Gasteiger partial charge in [0, 0.05) is 4.70 Å². The largest absolute Gasteiger partial charge is 0.317 e. The van der Waals surface area contributed by atoms with Gasteiger partial charge in [-0.3, -0.25) is 0 Å². The van der Waals surface area contributed by atoms with Gasteiger partial charge in [0.1, 0.15) is 0 Å². The highest BCUT2D eigenvalue weighted by Crippen LogP contribution is 1.96. The summed E-state index contributed by atoms with van der Waals surface area (Å²) in [6.45, 7) is 2.50. The van der Waals surface area contributed by atoms with Crippen LogP contribution in [0, 0.1) is 0 Å². The highest BCUT2D eigenvalue weighted by Gasteiger charge is 1.93. The van der Waals surface area contributed by atoms with Crippen molar-refractivity contribution < 1.29 is 0 Å². The van der Waals surface area contributed by atoms with E-state index in [-0.39, 0.29) is 0 Å². The molecule has 1 N–H and O–H groups in total. The molecule has 1 aliphatic heterocycles. The van der Waals surface area contributed by atoms with Crippen molar-refractivity contribution in [2.75, 3.05) is 13.1 Å². The summed E-state index contributed by atoms with van der Waals surface area (Å²) in [5.41, 5.74) is 0. The monoisotopic (exact) mass is 163 g/mol. The number of thiol groups is 1. The Bertz CT molecular complexity index is 50.6. The Labute approximate surface area is 67.6 Å². The summed E-state index contributed by atoms with van der Waals surface area (Å²) in [5.74, 6) is 0. The van der Waals surface area contributed by atoms with Gasteiger partial charge in [-0.15, -0.1) is 12.6 Å². The van der Waals surface area contributed by atoms with E-state index in [1.54, 1.807) is 0 Å². The molecule has 0 spiro atoms. The summed E-state index contributed by atoms with van der Waals surface area (Å²) >= 11 is 7.61. The third-order valence-electron chi connectivity index (χ3n) is 1.21. The lowest BCUT2D eigenvalue weighted by Crippen LogP contribution is -2.21. The van der Waals surface area contributed by atoms with Crippen molar-refractivity contribution in [3.8, 4) is 0 Å². The van der Waals surface area contributed by atoms with Crippen LogP contribution in [0.25, 0.3) is 0 Å². The fourth-order valence-electron chi connectivity index (χ4n) is 0.802. The van der Waals surface area contributed by atoms with Crippen LogP contribution in [0.2, 0.25) is 0 Å². The topological polar surface area (TPSA) is 12.0 Å². The summed E-state index contributed by atoms with van der Waals surface area (Å²) in [7, 11) is 0. The predicted octanol–water partition coefficient (Wildman–Crippen LogP) is 1.63. The maximum atomic E-state index is 4.13. The maximum Gasteiger partial charge on any atom is 0.0310 e. The third kappa shape index (κ3) is 8.40. The lowest BCUT2D eigenvalue weighted by molar-refractivity contribution is 0.520. The first-order chi connectivity index (χ1) is 4.41. The second-order valence-corrected chi connectivity index (χ2v) is 2.76.